The highest BCUT2D eigenvalue weighted by molar-refractivity contribution is 7.20. The Labute approximate surface area is 198 Å². The van der Waals surface area contributed by atoms with Gasteiger partial charge in [-0.1, -0.05) is 11.3 Å². The van der Waals surface area contributed by atoms with Crippen LogP contribution in [0.2, 0.25) is 0 Å². The number of carbonyl (C=O) groups is 1. The van der Waals surface area contributed by atoms with E-state index in [0.29, 0.717) is 28.9 Å². The summed E-state index contributed by atoms with van der Waals surface area (Å²) >= 11 is 1.34. The molecule has 1 fully saturated rings. The monoisotopic (exact) mass is 497 g/mol. The highest BCUT2D eigenvalue weighted by Gasteiger charge is 2.34. The fraction of sp³-hybridized carbons (Fsp3) is 0.524. The summed E-state index contributed by atoms with van der Waals surface area (Å²) in [7, 11) is 1.91. The van der Waals surface area contributed by atoms with Gasteiger partial charge in [0.25, 0.3) is 0 Å². The quantitative estimate of drug-likeness (QED) is 0.576. The Kier molecular flexibility index (Phi) is 6.08. The number of imidazole rings is 1. The van der Waals surface area contributed by atoms with Gasteiger partial charge in [0, 0.05) is 37.9 Å². The van der Waals surface area contributed by atoms with E-state index in [0.717, 1.165) is 18.9 Å². The fourth-order valence-corrected chi connectivity index (χ4v) is 4.69. The number of pyridine rings is 1. The second-order valence-electron chi connectivity index (χ2n) is 9.19. The summed E-state index contributed by atoms with van der Waals surface area (Å²) in [6.07, 6.45) is -0.708. The molecule has 34 heavy (non-hydrogen) atoms. The van der Waals surface area contributed by atoms with E-state index in [-0.39, 0.29) is 17.7 Å². The third-order valence-corrected chi connectivity index (χ3v) is 6.57. The number of nitrogen functional groups attached to an aromatic ring is 1. The van der Waals surface area contributed by atoms with Gasteiger partial charge in [-0.3, -0.25) is 0 Å². The third-order valence-electron chi connectivity index (χ3n) is 5.56. The zero-order chi connectivity index (χ0) is 24.8. The predicted molar refractivity (Wildman–Crippen MR) is 123 cm³/mol. The number of hydrogen-bond acceptors (Lipinski definition) is 8. The molecule has 3 aromatic heterocycles. The molecule has 13 heteroatoms. The summed E-state index contributed by atoms with van der Waals surface area (Å²) in [5.74, 6) is -0.576. The van der Waals surface area contributed by atoms with Gasteiger partial charge in [0.1, 0.15) is 11.4 Å². The van der Waals surface area contributed by atoms with Crippen LogP contribution in [0.15, 0.2) is 18.5 Å². The van der Waals surface area contributed by atoms with Gasteiger partial charge in [0.05, 0.1) is 17.5 Å². The molecular formula is C21H26F3N7O2S. The van der Waals surface area contributed by atoms with Crippen molar-refractivity contribution in [3.8, 4) is 11.3 Å². The van der Waals surface area contributed by atoms with Crippen LogP contribution in [-0.2, 0) is 10.9 Å². The molecule has 4 heterocycles. The van der Waals surface area contributed by atoms with Gasteiger partial charge < -0.3 is 20.3 Å². The minimum Gasteiger partial charge on any atom is -0.444 e. The first kappa shape index (κ1) is 24.0. The first-order valence-electron chi connectivity index (χ1n) is 10.7. The van der Waals surface area contributed by atoms with Gasteiger partial charge in [-0.05, 0) is 39.7 Å². The number of ether oxygens (including phenoxy) is 1. The number of fused-ring (bicyclic) bond motifs is 1. The summed E-state index contributed by atoms with van der Waals surface area (Å²) in [6.45, 7) is 6.64. The lowest BCUT2D eigenvalue weighted by molar-refractivity contribution is -0.137. The molecule has 0 radical (unpaired) electrons. The average molecular weight is 498 g/mol. The minimum absolute atomic E-state index is 0.146. The maximum absolute atomic E-state index is 13.3. The molecule has 3 aromatic rings. The van der Waals surface area contributed by atoms with E-state index in [9.17, 15) is 18.0 Å². The van der Waals surface area contributed by atoms with Crippen LogP contribution in [0.4, 0.5) is 28.9 Å². The lowest BCUT2D eigenvalue weighted by Crippen LogP contribution is -2.47. The Bertz CT molecular complexity index is 1190. The lowest BCUT2D eigenvalue weighted by atomic mass is 10.0. The van der Waals surface area contributed by atoms with Crippen molar-refractivity contribution in [2.24, 2.45) is 0 Å². The summed E-state index contributed by atoms with van der Waals surface area (Å²) in [6, 6.07) is 1.11. The van der Waals surface area contributed by atoms with Crippen molar-refractivity contribution < 1.29 is 22.7 Å². The second-order valence-corrected chi connectivity index (χ2v) is 10.1. The number of nitrogens with zero attached hydrogens (tertiary/aromatic N) is 6. The van der Waals surface area contributed by atoms with Crippen LogP contribution >= 0.6 is 11.3 Å². The molecule has 0 saturated carbocycles. The molecule has 1 saturated heterocycles. The van der Waals surface area contributed by atoms with E-state index in [1.54, 1.807) is 4.90 Å². The van der Waals surface area contributed by atoms with E-state index < -0.39 is 23.2 Å². The number of hydrogen-bond donors (Lipinski definition) is 1. The first-order chi connectivity index (χ1) is 15.8. The highest BCUT2D eigenvalue weighted by Crippen LogP contribution is 2.36. The molecule has 0 spiro atoms. The van der Waals surface area contributed by atoms with E-state index in [2.05, 4.69) is 15.1 Å². The molecular weight excluding hydrogens is 471 g/mol. The van der Waals surface area contributed by atoms with Gasteiger partial charge in [-0.15, -0.1) is 5.10 Å². The predicted octanol–water partition coefficient (Wildman–Crippen LogP) is 4.29. The molecule has 0 bridgehead atoms. The van der Waals surface area contributed by atoms with Crippen molar-refractivity contribution in [1.29, 1.82) is 0 Å². The Balaban J connectivity index is 1.50. The van der Waals surface area contributed by atoms with Gasteiger partial charge >= 0.3 is 12.3 Å². The van der Waals surface area contributed by atoms with Crippen LogP contribution in [0.3, 0.4) is 0 Å². The lowest BCUT2D eigenvalue weighted by Gasteiger charge is -2.37. The number of nitrogens with two attached hydrogens (primary N) is 1. The highest BCUT2D eigenvalue weighted by atomic mass is 32.1. The smallest absolute Gasteiger partial charge is 0.419 e. The van der Waals surface area contributed by atoms with Crippen molar-refractivity contribution in [2.45, 2.75) is 51.4 Å². The van der Waals surface area contributed by atoms with Gasteiger partial charge in [-0.2, -0.15) is 13.2 Å². The Morgan fingerprint density at radius 1 is 1.21 bits per heavy atom. The van der Waals surface area contributed by atoms with Crippen molar-refractivity contribution in [3.05, 3.63) is 24.0 Å². The largest absolute Gasteiger partial charge is 0.444 e. The summed E-state index contributed by atoms with van der Waals surface area (Å²) < 4.78 is 46.8. The fourth-order valence-electron chi connectivity index (χ4n) is 3.78. The molecule has 9 nitrogen and oxygen atoms in total. The zero-order valence-electron chi connectivity index (χ0n) is 19.3. The number of carbonyl (C=O) groups excluding carboxylic acids is 1. The zero-order valence-corrected chi connectivity index (χ0v) is 20.1. The van der Waals surface area contributed by atoms with Crippen LogP contribution in [0.5, 0.6) is 0 Å². The molecule has 184 valence electrons. The number of piperidine rings is 1. The maximum Gasteiger partial charge on any atom is 0.419 e. The Hall–Kier alpha value is -3.09. The van der Waals surface area contributed by atoms with Crippen LogP contribution < -0.4 is 10.6 Å². The third kappa shape index (κ3) is 4.88. The minimum atomic E-state index is -4.61. The molecule has 0 aromatic carbocycles. The van der Waals surface area contributed by atoms with Crippen molar-refractivity contribution >= 4 is 33.3 Å². The van der Waals surface area contributed by atoms with Crippen molar-refractivity contribution in [3.63, 3.8) is 0 Å². The number of alkyl halides is 3. The number of rotatable bonds is 3. The molecule has 4 rings (SSSR count). The first-order valence-corrected chi connectivity index (χ1v) is 11.5. The Morgan fingerprint density at radius 3 is 2.50 bits per heavy atom. The standard InChI is InChI=1S/C21H26F3N7O2S/c1-20(2,3)33-19(32)30-7-5-13(6-8-30)29(4)18-28-31-15(11-27-17(31)34-18)12-9-14(21(22,23)24)16(25)26-10-12/h9-11,13H,5-8H2,1-4H3,(H2,25,26). The number of aromatic nitrogens is 4. The number of halogens is 3. The number of amides is 1. The second kappa shape index (κ2) is 8.60. The van der Waals surface area contributed by atoms with Crippen LogP contribution in [0.25, 0.3) is 16.2 Å². The molecule has 0 unspecified atom stereocenters. The summed E-state index contributed by atoms with van der Waals surface area (Å²) in [5, 5.41) is 5.27. The molecule has 0 atom stereocenters. The number of likely N-dealkylation sites (tertiary alicyclic amines) is 1. The van der Waals surface area contributed by atoms with Gasteiger partial charge in [0.15, 0.2) is 0 Å². The van der Waals surface area contributed by atoms with Crippen LogP contribution in [0, 0.1) is 0 Å². The number of anilines is 2. The van der Waals surface area contributed by atoms with Crippen LogP contribution in [0.1, 0.15) is 39.2 Å². The molecule has 1 aliphatic rings. The van der Waals surface area contributed by atoms with Crippen molar-refractivity contribution in [1.82, 2.24) is 24.5 Å². The summed E-state index contributed by atoms with van der Waals surface area (Å²) in [4.78, 5) is 24.6. The molecule has 0 aliphatic carbocycles. The Morgan fingerprint density at radius 2 is 1.88 bits per heavy atom. The SMILES string of the molecule is CN(c1nn2c(-c3cnc(N)c(C(F)(F)F)c3)cnc2s1)C1CCN(C(=O)OC(C)(C)C)CC1. The van der Waals surface area contributed by atoms with Crippen molar-refractivity contribution in [2.75, 3.05) is 30.8 Å². The van der Waals surface area contributed by atoms with E-state index in [1.165, 1.54) is 28.2 Å². The van der Waals surface area contributed by atoms with Gasteiger partial charge in [0.2, 0.25) is 10.1 Å². The summed E-state index contributed by atoms with van der Waals surface area (Å²) in [5.41, 5.74) is 4.50. The topological polar surface area (TPSA) is 102 Å². The average Bonchev–Trinajstić information content (AvgIpc) is 3.33. The maximum atomic E-state index is 13.3. The van der Waals surface area contributed by atoms with Gasteiger partial charge in [-0.25, -0.2) is 19.3 Å². The van der Waals surface area contributed by atoms with E-state index in [1.807, 2.05) is 32.7 Å². The molecule has 1 amide bonds. The van der Waals surface area contributed by atoms with E-state index in [4.69, 9.17) is 10.5 Å². The molecule has 2 N–H and O–H groups in total. The van der Waals surface area contributed by atoms with Crippen LogP contribution in [-0.4, -0.2) is 62.4 Å². The molecule has 1 aliphatic heterocycles. The normalized spacial score (nSPS) is 15.7. The van der Waals surface area contributed by atoms with E-state index >= 15 is 0 Å².